The van der Waals surface area contributed by atoms with Crippen LogP contribution in [-0.4, -0.2) is 51.9 Å². The van der Waals surface area contributed by atoms with Gasteiger partial charge in [-0.05, 0) is 35.4 Å². The zero-order valence-electron chi connectivity index (χ0n) is 20.0. The number of aliphatic hydroxyl groups excluding tert-OH is 1. The minimum atomic E-state index is -0.750. The number of hydrogen-bond acceptors (Lipinski definition) is 6. The minimum absolute atomic E-state index is 0.0774. The fourth-order valence-corrected chi connectivity index (χ4v) is 3.87. The average molecular weight is 521 g/mol. The van der Waals surface area contributed by atoms with Crippen LogP contribution in [0.5, 0.6) is 11.5 Å². The van der Waals surface area contributed by atoms with Crippen LogP contribution in [0.3, 0.4) is 0 Å². The van der Waals surface area contributed by atoms with Gasteiger partial charge >= 0.3 is 5.97 Å². The number of halogens is 2. The average Bonchev–Trinajstić information content (AvgIpc) is 3.34. The van der Waals surface area contributed by atoms with E-state index in [-0.39, 0.29) is 30.5 Å². The van der Waals surface area contributed by atoms with Crippen LogP contribution in [0.2, 0.25) is 5.02 Å². The van der Waals surface area contributed by atoms with E-state index in [1.807, 2.05) is 47.2 Å². The van der Waals surface area contributed by atoms with Gasteiger partial charge in [-0.2, -0.15) is 0 Å². The third-order valence-electron chi connectivity index (χ3n) is 5.58. The predicted octanol–water partition coefficient (Wildman–Crippen LogP) is 4.85. The van der Waals surface area contributed by atoms with Crippen molar-refractivity contribution in [3.05, 3.63) is 77.3 Å². The van der Waals surface area contributed by atoms with Gasteiger partial charge in [-0.25, -0.2) is 4.98 Å². The molecule has 0 radical (unpaired) electrons. The highest BCUT2D eigenvalue weighted by Gasteiger charge is 2.24. The molecule has 0 aliphatic carbocycles. The number of carbonyl (C=O) groups excluding carboxylic acids is 1. The van der Waals surface area contributed by atoms with Gasteiger partial charge in [-0.15, -0.1) is 11.6 Å². The topological polar surface area (TPSA) is 82.8 Å². The third-order valence-corrected chi connectivity index (χ3v) is 6.23. The number of rotatable bonds is 12. The Morgan fingerprint density at radius 1 is 1.11 bits per heavy atom. The molecule has 2 atom stereocenters. The summed E-state index contributed by atoms with van der Waals surface area (Å²) in [4.78, 5) is 15.5. The number of esters is 1. The van der Waals surface area contributed by atoms with E-state index >= 15 is 0 Å². The smallest absolute Gasteiger partial charge is 0.303 e. The number of imidazole rings is 1. The fraction of sp³-hybridized carbons (Fsp3) is 0.385. The summed E-state index contributed by atoms with van der Waals surface area (Å²) >= 11 is 12.0. The normalized spacial score (nSPS) is 13.2. The van der Waals surface area contributed by atoms with Crippen LogP contribution in [0.1, 0.15) is 31.9 Å². The molecule has 3 aromatic rings. The van der Waals surface area contributed by atoms with Crippen LogP contribution in [-0.2, 0) is 21.5 Å². The van der Waals surface area contributed by atoms with Gasteiger partial charge in [-0.1, -0.05) is 43.6 Å². The number of aromatic nitrogens is 2. The van der Waals surface area contributed by atoms with Crippen molar-refractivity contribution >= 4 is 29.2 Å². The molecule has 0 aliphatic heterocycles. The molecule has 188 valence electrons. The van der Waals surface area contributed by atoms with E-state index in [1.54, 1.807) is 18.6 Å². The lowest BCUT2D eigenvalue weighted by Crippen LogP contribution is -2.28. The molecule has 35 heavy (non-hydrogen) atoms. The monoisotopic (exact) mass is 520 g/mol. The maximum Gasteiger partial charge on any atom is 0.303 e. The highest BCUT2D eigenvalue weighted by Crippen LogP contribution is 2.36. The lowest BCUT2D eigenvalue weighted by molar-refractivity contribution is -0.148. The molecule has 1 heterocycles. The highest BCUT2D eigenvalue weighted by molar-refractivity contribution is 6.32. The van der Waals surface area contributed by atoms with E-state index in [9.17, 15) is 9.90 Å². The molecule has 3 rings (SSSR count). The number of ether oxygens (including phenoxy) is 3. The summed E-state index contributed by atoms with van der Waals surface area (Å²) in [6, 6.07) is 13.4. The Labute approximate surface area is 215 Å². The number of hydrogen-bond donors (Lipinski definition) is 1. The first-order valence-electron chi connectivity index (χ1n) is 11.2. The Morgan fingerprint density at radius 3 is 2.43 bits per heavy atom. The van der Waals surface area contributed by atoms with Gasteiger partial charge in [0, 0.05) is 24.7 Å². The van der Waals surface area contributed by atoms with Crippen molar-refractivity contribution in [3.63, 3.8) is 0 Å². The van der Waals surface area contributed by atoms with Crippen molar-refractivity contribution in [1.29, 1.82) is 0 Å². The molecule has 0 saturated heterocycles. The first kappa shape index (κ1) is 26.9. The SMILES string of the molecule is CC(=O)O[C@H](COc1ccc(C(C)(C)c2ccc(OC[C@@H](O)CCl)c(Cl)c2)cc1)Cn1ccnc1. The lowest BCUT2D eigenvalue weighted by Gasteiger charge is -2.27. The van der Waals surface area contributed by atoms with E-state index in [1.165, 1.54) is 6.92 Å². The van der Waals surface area contributed by atoms with Crippen molar-refractivity contribution in [3.8, 4) is 11.5 Å². The van der Waals surface area contributed by atoms with Gasteiger partial charge in [0.25, 0.3) is 0 Å². The highest BCUT2D eigenvalue weighted by atomic mass is 35.5. The summed E-state index contributed by atoms with van der Waals surface area (Å²) < 4.78 is 18.7. The second-order valence-corrected chi connectivity index (χ2v) is 9.43. The molecular formula is C26H30Cl2N2O5. The van der Waals surface area contributed by atoms with Crippen molar-refractivity contribution in [1.82, 2.24) is 9.55 Å². The van der Waals surface area contributed by atoms with Crippen molar-refractivity contribution in [2.75, 3.05) is 19.1 Å². The van der Waals surface area contributed by atoms with Crippen LogP contribution in [0.25, 0.3) is 0 Å². The second kappa shape index (κ2) is 12.3. The Bertz CT molecular complexity index is 1090. The van der Waals surface area contributed by atoms with E-state index in [0.29, 0.717) is 23.1 Å². The molecular weight excluding hydrogens is 491 g/mol. The number of aliphatic hydroxyl groups is 1. The molecule has 1 N–H and O–H groups in total. The number of alkyl halides is 1. The molecule has 7 nitrogen and oxygen atoms in total. The summed E-state index contributed by atoms with van der Waals surface area (Å²) in [5, 5.41) is 10.1. The van der Waals surface area contributed by atoms with Gasteiger partial charge in [0.2, 0.25) is 0 Å². The summed E-state index contributed by atoms with van der Waals surface area (Å²) in [5.74, 6) is 0.905. The zero-order chi connectivity index (χ0) is 25.4. The molecule has 0 spiro atoms. The molecule has 0 amide bonds. The van der Waals surface area contributed by atoms with Crippen molar-refractivity contribution in [2.45, 2.75) is 44.9 Å². The second-order valence-electron chi connectivity index (χ2n) is 8.72. The zero-order valence-corrected chi connectivity index (χ0v) is 21.5. The lowest BCUT2D eigenvalue weighted by atomic mass is 9.78. The number of benzene rings is 2. The molecule has 0 aliphatic rings. The van der Waals surface area contributed by atoms with Crippen molar-refractivity contribution in [2.24, 2.45) is 0 Å². The third kappa shape index (κ3) is 7.62. The largest absolute Gasteiger partial charge is 0.490 e. The Kier molecular flexibility index (Phi) is 9.43. The van der Waals surface area contributed by atoms with Crippen LogP contribution in [0.15, 0.2) is 61.2 Å². The summed E-state index contributed by atoms with van der Waals surface area (Å²) in [7, 11) is 0. The summed E-state index contributed by atoms with van der Waals surface area (Å²) in [6.07, 6.45) is 3.96. The van der Waals surface area contributed by atoms with Gasteiger partial charge in [-0.3, -0.25) is 4.79 Å². The number of carbonyl (C=O) groups is 1. The predicted molar refractivity (Wildman–Crippen MR) is 136 cm³/mol. The van der Waals surface area contributed by atoms with Crippen LogP contribution in [0.4, 0.5) is 0 Å². The quantitative estimate of drug-likeness (QED) is 0.271. The van der Waals surface area contributed by atoms with Crippen LogP contribution >= 0.6 is 23.2 Å². The maximum absolute atomic E-state index is 11.5. The minimum Gasteiger partial charge on any atom is -0.490 e. The molecule has 1 aromatic heterocycles. The van der Waals surface area contributed by atoms with Gasteiger partial charge in [0.1, 0.15) is 30.8 Å². The number of nitrogens with zero attached hydrogens (tertiary/aromatic N) is 2. The van der Waals surface area contributed by atoms with Crippen LogP contribution < -0.4 is 9.47 Å². The van der Waals surface area contributed by atoms with Gasteiger partial charge in [0.15, 0.2) is 6.10 Å². The Hall–Kier alpha value is -2.74. The molecule has 0 unspecified atom stereocenters. The molecule has 0 bridgehead atoms. The fourth-order valence-electron chi connectivity index (χ4n) is 3.55. The Morgan fingerprint density at radius 2 is 1.83 bits per heavy atom. The standard InChI is InChI=1S/C26H30Cl2N2O5/c1-18(31)35-23(14-30-11-10-29-17-30)16-33-22-7-4-19(5-8-22)26(2,3)20-6-9-25(24(28)12-20)34-15-21(32)13-27/h4-12,17,21,23,32H,13-16H2,1-3H3/t21-,23-/m0/s1. The Balaban J connectivity index is 1.65. The summed E-state index contributed by atoms with van der Waals surface area (Å²) in [5.41, 5.74) is 1.75. The van der Waals surface area contributed by atoms with Gasteiger partial charge in [0.05, 0.1) is 23.8 Å². The van der Waals surface area contributed by atoms with E-state index in [2.05, 4.69) is 18.8 Å². The summed E-state index contributed by atoms with van der Waals surface area (Å²) in [6.45, 7) is 6.34. The molecule has 2 aromatic carbocycles. The maximum atomic E-state index is 11.5. The van der Waals surface area contributed by atoms with Gasteiger partial charge < -0.3 is 23.9 Å². The first-order valence-corrected chi connectivity index (χ1v) is 12.1. The van der Waals surface area contributed by atoms with E-state index in [4.69, 9.17) is 37.4 Å². The first-order chi connectivity index (χ1) is 16.7. The van der Waals surface area contributed by atoms with E-state index < -0.39 is 12.2 Å². The molecule has 9 heteroatoms. The van der Waals surface area contributed by atoms with Crippen molar-refractivity contribution < 1.29 is 24.1 Å². The molecule has 0 saturated carbocycles. The molecule has 0 fully saturated rings. The van der Waals surface area contributed by atoms with Crippen LogP contribution in [0, 0.1) is 0 Å². The van der Waals surface area contributed by atoms with E-state index in [0.717, 1.165) is 11.1 Å².